The summed E-state index contributed by atoms with van der Waals surface area (Å²) < 4.78 is 12.5. The van der Waals surface area contributed by atoms with Crippen molar-refractivity contribution in [2.75, 3.05) is 25.6 Å². The third-order valence-corrected chi connectivity index (χ3v) is 5.83. The first kappa shape index (κ1) is 24.3. The van der Waals surface area contributed by atoms with Crippen LogP contribution in [0.3, 0.4) is 0 Å². The first-order valence-corrected chi connectivity index (χ1v) is 11.2. The number of carbonyl (C=O) groups excluding carboxylic acids is 3. The molecule has 2 amide bonds. The van der Waals surface area contributed by atoms with Gasteiger partial charge in [-0.25, -0.2) is 0 Å². The predicted molar refractivity (Wildman–Crippen MR) is 123 cm³/mol. The van der Waals surface area contributed by atoms with Crippen molar-refractivity contribution in [2.45, 2.75) is 45.6 Å². The first-order valence-electron chi connectivity index (χ1n) is 11.2. The molecule has 3 rings (SSSR count). The summed E-state index contributed by atoms with van der Waals surface area (Å²) >= 11 is 0. The Morgan fingerprint density at radius 2 is 2.03 bits per heavy atom. The van der Waals surface area contributed by atoms with Gasteiger partial charge in [0.1, 0.15) is 11.6 Å². The van der Waals surface area contributed by atoms with Gasteiger partial charge in [-0.3, -0.25) is 19.1 Å². The van der Waals surface area contributed by atoms with Gasteiger partial charge in [0, 0.05) is 31.6 Å². The number of amides is 2. The number of anilines is 1. The predicted octanol–water partition coefficient (Wildman–Crippen LogP) is 3.00. The highest BCUT2D eigenvalue weighted by atomic mass is 16.5. The van der Waals surface area contributed by atoms with Crippen LogP contribution in [0.1, 0.15) is 49.9 Å². The number of aromatic nitrogens is 2. The van der Waals surface area contributed by atoms with E-state index in [4.69, 9.17) is 9.47 Å². The van der Waals surface area contributed by atoms with Crippen LogP contribution in [0.5, 0.6) is 5.75 Å². The third kappa shape index (κ3) is 5.71. The Morgan fingerprint density at radius 1 is 1.27 bits per heavy atom. The molecule has 0 saturated carbocycles. The van der Waals surface area contributed by atoms with E-state index in [-0.39, 0.29) is 12.3 Å². The van der Waals surface area contributed by atoms with Crippen molar-refractivity contribution < 1.29 is 23.9 Å². The molecule has 1 aromatic carbocycles. The number of ether oxygens (including phenoxy) is 2. The number of esters is 1. The number of unbranched alkanes of at least 4 members (excludes halogenated alkanes) is 1. The minimum absolute atomic E-state index is 0.00715. The number of likely N-dealkylation sites (tertiary alicyclic amines) is 1. The molecule has 33 heavy (non-hydrogen) atoms. The Morgan fingerprint density at radius 3 is 2.70 bits per heavy atom. The minimum Gasteiger partial charge on any atom is -0.496 e. The van der Waals surface area contributed by atoms with Gasteiger partial charge in [0.15, 0.2) is 6.61 Å². The molecule has 2 heterocycles. The summed E-state index contributed by atoms with van der Waals surface area (Å²) in [6.07, 6.45) is 2.36. The summed E-state index contributed by atoms with van der Waals surface area (Å²) in [5.74, 6) is -0.406. The van der Waals surface area contributed by atoms with Gasteiger partial charge in [0.25, 0.3) is 5.91 Å². The van der Waals surface area contributed by atoms with Gasteiger partial charge in [0.05, 0.1) is 24.8 Å². The van der Waals surface area contributed by atoms with Crippen LogP contribution >= 0.6 is 0 Å². The largest absolute Gasteiger partial charge is 0.496 e. The molecule has 2 atom stereocenters. The highest BCUT2D eigenvalue weighted by Crippen LogP contribution is 2.41. The molecular formula is C24H32N4O5. The van der Waals surface area contributed by atoms with E-state index in [1.165, 1.54) is 0 Å². The van der Waals surface area contributed by atoms with E-state index < -0.39 is 30.4 Å². The second-order valence-electron chi connectivity index (χ2n) is 8.22. The molecule has 0 bridgehead atoms. The van der Waals surface area contributed by atoms with Gasteiger partial charge >= 0.3 is 5.97 Å². The van der Waals surface area contributed by atoms with Gasteiger partial charge in [-0.05, 0) is 25.8 Å². The number of benzene rings is 1. The van der Waals surface area contributed by atoms with Crippen LogP contribution in [0.15, 0.2) is 30.3 Å². The summed E-state index contributed by atoms with van der Waals surface area (Å²) in [5.41, 5.74) is 1.53. The number of aryl methyl sites for hydroxylation is 2. The van der Waals surface area contributed by atoms with Crippen molar-refractivity contribution in [2.24, 2.45) is 13.0 Å². The van der Waals surface area contributed by atoms with E-state index in [0.29, 0.717) is 24.5 Å². The second-order valence-corrected chi connectivity index (χ2v) is 8.22. The van der Waals surface area contributed by atoms with Gasteiger partial charge in [-0.2, -0.15) is 5.10 Å². The van der Waals surface area contributed by atoms with E-state index in [1.54, 1.807) is 29.8 Å². The molecule has 1 aliphatic rings. The number of hydrogen-bond donors (Lipinski definition) is 1. The topological polar surface area (TPSA) is 103 Å². The molecule has 1 saturated heterocycles. The number of piperidine rings is 1. The summed E-state index contributed by atoms with van der Waals surface area (Å²) in [4.78, 5) is 40.1. The zero-order chi connectivity index (χ0) is 24.0. The minimum atomic E-state index is -0.595. The van der Waals surface area contributed by atoms with Crippen LogP contribution in [0.2, 0.25) is 0 Å². The van der Waals surface area contributed by atoms with Gasteiger partial charge in [-0.1, -0.05) is 31.5 Å². The molecule has 2 aromatic rings. The van der Waals surface area contributed by atoms with Crippen molar-refractivity contribution in [1.82, 2.24) is 14.7 Å². The molecule has 9 heteroatoms. The van der Waals surface area contributed by atoms with Gasteiger partial charge < -0.3 is 19.7 Å². The Kier molecular flexibility index (Phi) is 8.08. The van der Waals surface area contributed by atoms with Gasteiger partial charge in [-0.15, -0.1) is 0 Å². The summed E-state index contributed by atoms with van der Waals surface area (Å²) in [7, 11) is 3.29. The number of methoxy groups -OCH3 is 1. The van der Waals surface area contributed by atoms with E-state index in [1.807, 2.05) is 31.2 Å². The second kappa shape index (κ2) is 11.0. The molecule has 1 aromatic heterocycles. The van der Waals surface area contributed by atoms with E-state index >= 15 is 0 Å². The van der Waals surface area contributed by atoms with Crippen LogP contribution in [0, 0.1) is 12.8 Å². The lowest BCUT2D eigenvalue weighted by molar-refractivity contribution is -0.159. The molecule has 1 N–H and O–H groups in total. The fourth-order valence-electron chi connectivity index (χ4n) is 4.24. The highest BCUT2D eigenvalue weighted by molar-refractivity contribution is 5.92. The normalized spacial score (nSPS) is 18.2. The van der Waals surface area contributed by atoms with Crippen LogP contribution < -0.4 is 10.1 Å². The van der Waals surface area contributed by atoms with E-state index in [0.717, 1.165) is 24.1 Å². The molecule has 0 aliphatic carbocycles. The first-order chi connectivity index (χ1) is 15.8. The molecule has 0 radical (unpaired) electrons. The molecule has 9 nitrogen and oxygen atoms in total. The summed E-state index contributed by atoms with van der Waals surface area (Å²) in [6, 6.07) is 8.62. The number of nitrogens with zero attached hydrogens (tertiary/aromatic N) is 3. The van der Waals surface area contributed by atoms with Crippen LogP contribution in [-0.4, -0.2) is 52.7 Å². The maximum Gasteiger partial charge on any atom is 0.311 e. The van der Waals surface area contributed by atoms with E-state index in [2.05, 4.69) is 17.3 Å². The molecule has 178 valence electrons. The quantitative estimate of drug-likeness (QED) is 0.582. The lowest BCUT2D eigenvalue weighted by atomic mass is 9.83. The fourth-order valence-corrected chi connectivity index (χ4v) is 4.24. The third-order valence-electron chi connectivity index (χ3n) is 5.83. The lowest BCUT2D eigenvalue weighted by Crippen LogP contribution is -2.46. The van der Waals surface area contributed by atoms with Crippen LogP contribution in [0.4, 0.5) is 5.82 Å². The number of para-hydroxylation sites is 1. The Labute approximate surface area is 194 Å². The SMILES string of the molecule is CCCCN1C(=O)CCC(C(=O)OCC(=O)Nc2cc(C)nn2C)C1c1ccccc1OC. The average Bonchev–Trinajstić information content (AvgIpc) is 3.12. The fraction of sp³-hybridized carbons (Fsp3) is 0.500. The monoisotopic (exact) mass is 456 g/mol. The number of hydrogen-bond acceptors (Lipinski definition) is 6. The molecule has 0 spiro atoms. The molecule has 1 fully saturated rings. The zero-order valence-corrected chi connectivity index (χ0v) is 19.7. The molecule has 1 aliphatic heterocycles. The summed E-state index contributed by atoms with van der Waals surface area (Å²) in [6.45, 7) is 4.01. The molecule has 2 unspecified atom stereocenters. The maximum atomic E-state index is 13.1. The van der Waals surface area contributed by atoms with Crippen LogP contribution in [-0.2, 0) is 26.2 Å². The number of rotatable bonds is 9. The van der Waals surface area contributed by atoms with Crippen molar-refractivity contribution in [3.05, 3.63) is 41.6 Å². The van der Waals surface area contributed by atoms with Crippen LogP contribution in [0.25, 0.3) is 0 Å². The van der Waals surface area contributed by atoms with Crippen molar-refractivity contribution in [3.63, 3.8) is 0 Å². The average molecular weight is 457 g/mol. The van der Waals surface area contributed by atoms with E-state index in [9.17, 15) is 14.4 Å². The molecular weight excluding hydrogens is 424 g/mol. The standard InChI is InChI=1S/C24H32N4O5/c1-5-6-13-28-22(30)12-11-18(23(28)17-9-7-8-10-19(17)32-4)24(31)33-15-21(29)25-20-14-16(2)26-27(20)3/h7-10,14,18,23H,5-6,11-13,15H2,1-4H3,(H,25,29). The summed E-state index contributed by atoms with van der Waals surface area (Å²) in [5, 5.41) is 6.87. The van der Waals surface area contributed by atoms with Crippen molar-refractivity contribution in [3.8, 4) is 5.75 Å². The Hall–Kier alpha value is -3.36. The number of carbonyl (C=O) groups is 3. The smallest absolute Gasteiger partial charge is 0.311 e. The van der Waals surface area contributed by atoms with Crippen molar-refractivity contribution in [1.29, 1.82) is 0 Å². The Bertz CT molecular complexity index is 1000. The highest BCUT2D eigenvalue weighted by Gasteiger charge is 2.42. The maximum absolute atomic E-state index is 13.1. The lowest BCUT2D eigenvalue weighted by Gasteiger charge is -2.40. The van der Waals surface area contributed by atoms with Crippen molar-refractivity contribution >= 4 is 23.6 Å². The van der Waals surface area contributed by atoms with Gasteiger partial charge in [0.2, 0.25) is 5.91 Å². The Balaban J connectivity index is 1.77. The number of nitrogens with one attached hydrogen (secondary N) is 1. The zero-order valence-electron chi connectivity index (χ0n) is 19.7.